The van der Waals surface area contributed by atoms with E-state index < -0.39 is 10.8 Å². The number of anilines is 1. The van der Waals surface area contributed by atoms with E-state index in [4.69, 9.17) is 9.47 Å². The van der Waals surface area contributed by atoms with E-state index in [1.165, 1.54) is 5.56 Å². The number of carbonyl (C=O) groups excluding carboxylic acids is 1. The average molecular weight is 681 g/mol. The van der Waals surface area contributed by atoms with E-state index in [0.29, 0.717) is 36.0 Å². The van der Waals surface area contributed by atoms with Crippen LogP contribution in [0, 0.1) is 0 Å². The number of unbranched alkanes of at least 4 members (excludes halogenated alkanes) is 1. The second-order valence-corrected chi connectivity index (χ2v) is 13.5. The van der Waals surface area contributed by atoms with Crippen molar-refractivity contribution in [2.45, 2.75) is 69.7 Å². The van der Waals surface area contributed by atoms with Gasteiger partial charge in [-0.1, -0.05) is 56.7 Å². The molecule has 5 rings (SSSR count). The lowest BCUT2D eigenvalue weighted by atomic mass is 10.0. The van der Waals surface area contributed by atoms with Gasteiger partial charge in [0.25, 0.3) is 5.91 Å². The molecule has 9 heteroatoms. The second-order valence-electron chi connectivity index (χ2n) is 12.1. The number of imidazole rings is 1. The Balaban J connectivity index is 1.27. The maximum atomic E-state index is 13.5. The highest BCUT2D eigenvalue weighted by molar-refractivity contribution is 7.84. The third-order valence-corrected chi connectivity index (χ3v) is 9.67. The highest BCUT2D eigenvalue weighted by Crippen LogP contribution is 2.28. The van der Waals surface area contributed by atoms with Crippen LogP contribution in [-0.2, 0) is 39.2 Å². The summed E-state index contributed by atoms with van der Waals surface area (Å²) in [6, 6.07) is 25.9. The topological polar surface area (TPSA) is 85.7 Å². The monoisotopic (exact) mass is 680 g/mol. The fourth-order valence-corrected chi connectivity index (χ4v) is 6.78. The molecule has 1 amide bonds. The molecule has 0 aliphatic carbocycles. The third-order valence-electron chi connectivity index (χ3n) is 8.36. The first-order chi connectivity index (χ1) is 24.0. The molecule has 1 atom stereocenters. The number of nitrogens with zero attached hydrogens (tertiary/aromatic N) is 3. The van der Waals surface area contributed by atoms with Crippen molar-refractivity contribution in [3.05, 3.63) is 126 Å². The molecule has 1 aliphatic rings. The van der Waals surface area contributed by atoms with Gasteiger partial charge < -0.3 is 24.3 Å². The molecule has 8 nitrogen and oxygen atoms in total. The molecule has 4 aromatic rings. The van der Waals surface area contributed by atoms with E-state index in [-0.39, 0.29) is 5.91 Å². The Morgan fingerprint density at radius 3 is 2.47 bits per heavy atom. The maximum Gasteiger partial charge on any atom is 0.251 e. The van der Waals surface area contributed by atoms with E-state index >= 15 is 0 Å². The van der Waals surface area contributed by atoms with Gasteiger partial charge in [0.15, 0.2) is 0 Å². The average Bonchev–Trinajstić information content (AvgIpc) is 3.55. The summed E-state index contributed by atoms with van der Waals surface area (Å²) in [6.45, 7) is 8.53. The third kappa shape index (κ3) is 10.8. The highest BCUT2D eigenvalue weighted by Gasteiger charge is 2.18. The van der Waals surface area contributed by atoms with Gasteiger partial charge in [-0.3, -0.25) is 9.00 Å². The van der Waals surface area contributed by atoms with Crippen LogP contribution >= 0.6 is 0 Å². The minimum Gasteiger partial charge on any atom is -0.491 e. The van der Waals surface area contributed by atoms with Crippen molar-refractivity contribution in [1.29, 1.82) is 0 Å². The molecule has 1 unspecified atom stereocenters. The van der Waals surface area contributed by atoms with Crippen LogP contribution in [0.5, 0.6) is 5.75 Å². The summed E-state index contributed by atoms with van der Waals surface area (Å²) in [7, 11) is -1.24. The number of nitrogens with one attached hydrogen (secondary N) is 1. The Bertz CT molecular complexity index is 1700. The lowest BCUT2D eigenvalue weighted by Crippen LogP contribution is -2.25. The van der Waals surface area contributed by atoms with E-state index in [1.807, 2.05) is 59.3 Å². The Morgan fingerprint density at radius 1 is 0.918 bits per heavy atom. The normalized spacial score (nSPS) is 14.0. The van der Waals surface area contributed by atoms with Gasteiger partial charge in [-0.25, -0.2) is 4.98 Å². The van der Waals surface area contributed by atoms with Crippen LogP contribution in [0.1, 0.15) is 62.9 Å². The number of amides is 1. The SMILES string of the molecule is CCCCOCCOc1ccc(C2=CC=C(C(=O)Nc3ccc(S(=O)Cc4nccn4CCC)cc3)CCCN2Cc2ccccc2)cc1. The molecule has 49 heavy (non-hydrogen) atoms. The minimum atomic E-state index is -1.24. The molecule has 0 saturated carbocycles. The van der Waals surface area contributed by atoms with Crippen molar-refractivity contribution < 1.29 is 18.5 Å². The molecule has 1 N–H and O–H groups in total. The van der Waals surface area contributed by atoms with Gasteiger partial charge >= 0.3 is 0 Å². The van der Waals surface area contributed by atoms with E-state index in [0.717, 1.165) is 80.3 Å². The first-order valence-electron chi connectivity index (χ1n) is 17.3. The van der Waals surface area contributed by atoms with Crippen molar-refractivity contribution in [2.75, 3.05) is 31.7 Å². The molecule has 0 bridgehead atoms. The van der Waals surface area contributed by atoms with E-state index in [2.05, 4.69) is 71.5 Å². The number of rotatable bonds is 17. The van der Waals surface area contributed by atoms with Crippen molar-refractivity contribution >= 4 is 28.1 Å². The highest BCUT2D eigenvalue weighted by atomic mass is 32.2. The Labute approximate surface area is 293 Å². The molecule has 3 aromatic carbocycles. The molecule has 0 radical (unpaired) electrons. The summed E-state index contributed by atoms with van der Waals surface area (Å²) in [5.41, 5.74) is 4.73. The van der Waals surface area contributed by atoms with Crippen LogP contribution in [0.25, 0.3) is 5.70 Å². The van der Waals surface area contributed by atoms with Crippen LogP contribution < -0.4 is 10.1 Å². The number of hydrogen-bond acceptors (Lipinski definition) is 6. The van der Waals surface area contributed by atoms with Gasteiger partial charge in [0, 0.05) is 60.5 Å². The lowest BCUT2D eigenvalue weighted by Gasteiger charge is -2.29. The van der Waals surface area contributed by atoms with Crippen LogP contribution in [0.15, 0.2) is 114 Å². The molecule has 1 aliphatic heterocycles. The number of allylic oxidation sites excluding steroid dienone is 2. The van der Waals surface area contributed by atoms with Gasteiger partial charge in [-0.2, -0.15) is 0 Å². The van der Waals surface area contributed by atoms with Gasteiger partial charge in [0.05, 0.1) is 23.2 Å². The minimum absolute atomic E-state index is 0.132. The number of carbonyl (C=O) groups is 1. The fourth-order valence-electron chi connectivity index (χ4n) is 5.70. The predicted octanol–water partition coefficient (Wildman–Crippen LogP) is 8.00. The zero-order chi connectivity index (χ0) is 34.3. The van der Waals surface area contributed by atoms with Crippen molar-refractivity contribution in [3.63, 3.8) is 0 Å². The van der Waals surface area contributed by atoms with E-state index in [9.17, 15) is 9.00 Å². The largest absolute Gasteiger partial charge is 0.491 e. The van der Waals surface area contributed by atoms with Crippen LogP contribution in [0.2, 0.25) is 0 Å². The summed E-state index contributed by atoms with van der Waals surface area (Å²) in [6.07, 6.45) is 12.3. The molecule has 0 spiro atoms. The molecule has 0 saturated heterocycles. The van der Waals surface area contributed by atoms with E-state index in [1.54, 1.807) is 6.20 Å². The first kappa shape index (κ1) is 35.8. The zero-order valence-electron chi connectivity index (χ0n) is 28.7. The standard InChI is InChI=1S/C40H48N4O4S/c1-3-5-27-47-28-29-48-36-18-13-33(14-19-36)38-22-15-34(12-9-25-44(38)30-32-10-7-6-8-11-32)40(45)42-35-16-20-37(21-17-35)49(46)31-39-41-23-26-43(39)24-4-2/h6-8,10-11,13-23,26H,3-5,9,12,24-25,27-31H2,1-2H3,(H,42,45). The maximum absolute atomic E-state index is 13.5. The number of aryl methyl sites for hydroxylation is 1. The molecule has 1 aromatic heterocycles. The molecule has 2 heterocycles. The summed E-state index contributed by atoms with van der Waals surface area (Å²) in [4.78, 5) is 21.0. The number of benzene rings is 3. The Morgan fingerprint density at radius 2 is 1.71 bits per heavy atom. The van der Waals surface area contributed by atoms with Crippen LogP contribution in [-0.4, -0.2) is 50.9 Å². The summed E-state index contributed by atoms with van der Waals surface area (Å²) in [5.74, 6) is 1.84. The zero-order valence-corrected chi connectivity index (χ0v) is 29.5. The van der Waals surface area contributed by atoms with Gasteiger partial charge in [-0.15, -0.1) is 0 Å². The van der Waals surface area contributed by atoms with Crippen LogP contribution in [0.3, 0.4) is 0 Å². The van der Waals surface area contributed by atoms with Crippen molar-refractivity contribution in [3.8, 4) is 5.75 Å². The Hall–Kier alpha value is -4.47. The van der Waals surface area contributed by atoms with Crippen molar-refractivity contribution in [1.82, 2.24) is 14.5 Å². The summed E-state index contributed by atoms with van der Waals surface area (Å²) < 4.78 is 26.6. The van der Waals surface area contributed by atoms with Gasteiger partial charge in [0.1, 0.15) is 18.2 Å². The molecule has 0 fully saturated rings. The fraction of sp³-hybridized carbons (Fsp3) is 0.350. The summed E-state index contributed by atoms with van der Waals surface area (Å²) >= 11 is 0. The quantitative estimate of drug-likeness (QED) is 0.114. The number of aromatic nitrogens is 2. The Kier molecular flexibility index (Phi) is 13.8. The molecular weight excluding hydrogens is 633 g/mol. The van der Waals surface area contributed by atoms with Crippen molar-refractivity contribution in [2.24, 2.45) is 0 Å². The lowest BCUT2D eigenvalue weighted by molar-refractivity contribution is -0.113. The second kappa shape index (κ2) is 18.9. The molecule has 258 valence electrons. The van der Waals surface area contributed by atoms with Gasteiger partial charge in [-0.05, 0) is 91.4 Å². The van der Waals surface area contributed by atoms with Crippen LogP contribution in [0.4, 0.5) is 5.69 Å². The predicted molar refractivity (Wildman–Crippen MR) is 198 cm³/mol. The first-order valence-corrected chi connectivity index (χ1v) is 18.7. The number of ether oxygens (including phenoxy) is 2. The smallest absolute Gasteiger partial charge is 0.251 e. The molecular formula is C40H48N4O4S. The number of hydrogen-bond donors (Lipinski definition) is 1. The summed E-state index contributed by atoms with van der Waals surface area (Å²) in [5, 5.41) is 3.05. The van der Waals surface area contributed by atoms with Gasteiger partial charge in [0.2, 0.25) is 0 Å².